The highest BCUT2D eigenvalue weighted by molar-refractivity contribution is 6.31. The highest BCUT2D eigenvalue weighted by Gasteiger charge is 2.11. The van der Waals surface area contributed by atoms with Crippen LogP contribution in [0.25, 0.3) is 22.6 Å². The summed E-state index contributed by atoms with van der Waals surface area (Å²) >= 11 is 11.8. The number of oxazole rings is 1. The lowest BCUT2D eigenvalue weighted by Crippen LogP contribution is -2.11. The lowest BCUT2D eigenvalue weighted by atomic mass is 10.1. The number of aromatic nitrogens is 1. The fourth-order valence-electron chi connectivity index (χ4n) is 2.56. The summed E-state index contributed by atoms with van der Waals surface area (Å²) < 4.78 is 5.77. The van der Waals surface area contributed by atoms with E-state index in [1.54, 1.807) is 54.6 Å². The molecule has 4 nitrogen and oxygen atoms in total. The number of carbonyl (C=O) groups excluding carboxylic acids is 1. The highest BCUT2D eigenvalue weighted by atomic mass is 35.5. The number of halogens is 2. The van der Waals surface area contributed by atoms with Crippen molar-refractivity contribution in [2.24, 2.45) is 0 Å². The van der Waals surface area contributed by atoms with Crippen molar-refractivity contribution in [1.29, 1.82) is 0 Å². The van der Waals surface area contributed by atoms with Crippen LogP contribution in [0.3, 0.4) is 0 Å². The standard InChI is InChI=1S/C20H12Cl2N2O2/c21-14-6-4-12(5-7-14)19(25)23-16-3-1-2-13(10-16)20-24-17-11-15(22)8-9-18(17)26-20/h1-11H,(H,23,25). The van der Waals surface area contributed by atoms with Crippen molar-refractivity contribution in [3.05, 3.63) is 82.3 Å². The summed E-state index contributed by atoms with van der Waals surface area (Å²) in [5.41, 5.74) is 3.26. The van der Waals surface area contributed by atoms with Gasteiger partial charge in [0.15, 0.2) is 5.58 Å². The Hall–Kier alpha value is -2.82. The maximum Gasteiger partial charge on any atom is 0.255 e. The average molecular weight is 383 g/mol. The van der Waals surface area contributed by atoms with Crippen molar-refractivity contribution in [2.45, 2.75) is 0 Å². The average Bonchev–Trinajstić information content (AvgIpc) is 3.05. The van der Waals surface area contributed by atoms with Crippen LogP contribution in [0, 0.1) is 0 Å². The number of nitrogens with one attached hydrogen (secondary N) is 1. The number of nitrogens with zero attached hydrogens (tertiary/aromatic N) is 1. The molecule has 1 N–H and O–H groups in total. The van der Waals surface area contributed by atoms with E-state index in [9.17, 15) is 4.79 Å². The second kappa shape index (κ2) is 6.83. The predicted octanol–water partition coefficient (Wildman–Crippen LogP) is 6.05. The molecular weight excluding hydrogens is 371 g/mol. The second-order valence-corrected chi connectivity index (χ2v) is 6.55. The quantitative estimate of drug-likeness (QED) is 0.468. The van der Waals surface area contributed by atoms with E-state index in [0.29, 0.717) is 38.3 Å². The predicted molar refractivity (Wildman–Crippen MR) is 104 cm³/mol. The van der Waals surface area contributed by atoms with Gasteiger partial charge in [0.25, 0.3) is 5.91 Å². The lowest BCUT2D eigenvalue weighted by molar-refractivity contribution is 0.102. The molecule has 4 rings (SSSR count). The molecule has 0 unspecified atom stereocenters. The van der Waals surface area contributed by atoms with Gasteiger partial charge in [-0.2, -0.15) is 0 Å². The smallest absolute Gasteiger partial charge is 0.255 e. The molecule has 0 fully saturated rings. The first-order valence-electron chi connectivity index (χ1n) is 7.82. The molecule has 0 aliphatic carbocycles. The molecule has 1 amide bonds. The van der Waals surface area contributed by atoms with Crippen molar-refractivity contribution in [1.82, 2.24) is 4.98 Å². The van der Waals surface area contributed by atoms with Gasteiger partial charge in [0.2, 0.25) is 5.89 Å². The van der Waals surface area contributed by atoms with Crippen LogP contribution in [0.5, 0.6) is 0 Å². The first-order valence-corrected chi connectivity index (χ1v) is 8.57. The molecular formula is C20H12Cl2N2O2. The molecule has 0 spiro atoms. The van der Waals surface area contributed by atoms with Crippen LogP contribution in [0.1, 0.15) is 10.4 Å². The van der Waals surface area contributed by atoms with Crippen LogP contribution >= 0.6 is 23.2 Å². The van der Waals surface area contributed by atoms with Gasteiger partial charge in [-0.15, -0.1) is 0 Å². The molecule has 0 aliphatic heterocycles. The Labute approximate surface area is 159 Å². The summed E-state index contributed by atoms with van der Waals surface area (Å²) in [6.45, 7) is 0. The Morgan fingerprint density at radius 3 is 2.50 bits per heavy atom. The lowest BCUT2D eigenvalue weighted by Gasteiger charge is -2.06. The normalized spacial score (nSPS) is 10.8. The van der Waals surface area contributed by atoms with Gasteiger partial charge < -0.3 is 9.73 Å². The number of fused-ring (bicyclic) bond motifs is 1. The summed E-state index contributed by atoms with van der Waals surface area (Å²) in [6.07, 6.45) is 0. The van der Waals surface area contributed by atoms with E-state index in [1.807, 2.05) is 12.1 Å². The van der Waals surface area contributed by atoms with E-state index < -0.39 is 0 Å². The van der Waals surface area contributed by atoms with E-state index in [4.69, 9.17) is 27.6 Å². The Bertz CT molecular complexity index is 1100. The minimum Gasteiger partial charge on any atom is -0.436 e. The number of hydrogen-bond donors (Lipinski definition) is 1. The van der Waals surface area contributed by atoms with Crippen molar-refractivity contribution >= 4 is 45.9 Å². The van der Waals surface area contributed by atoms with Gasteiger partial charge in [-0.25, -0.2) is 4.98 Å². The molecule has 0 bridgehead atoms. The van der Waals surface area contributed by atoms with Gasteiger partial charge in [-0.1, -0.05) is 29.3 Å². The molecule has 3 aromatic carbocycles. The molecule has 4 aromatic rings. The van der Waals surface area contributed by atoms with E-state index in [-0.39, 0.29) is 5.91 Å². The molecule has 0 atom stereocenters. The summed E-state index contributed by atoms with van der Waals surface area (Å²) in [5.74, 6) is 0.244. The van der Waals surface area contributed by atoms with Crippen LogP contribution in [-0.4, -0.2) is 10.9 Å². The number of carbonyl (C=O) groups is 1. The number of anilines is 1. The van der Waals surface area contributed by atoms with Gasteiger partial charge in [0.1, 0.15) is 5.52 Å². The van der Waals surface area contributed by atoms with Gasteiger partial charge in [-0.05, 0) is 60.7 Å². The summed E-state index contributed by atoms with van der Waals surface area (Å²) in [5, 5.41) is 4.04. The zero-order valence-electron chi connectivity index (χ0n) is 13.4. The van der Waals surface area contributed by atoms with Gasteiger partial charge in [-0.3, -0.25) is 4.79 Å². The zero-order chi connectivity index (χ0) is 18.1. The van der Waals surface area contributed by atoms with E-state index in [2.05, 4.69) is 10.3 Å². The van der Waals surface area contributed by atoms with Gasteiger partial charge in [0, 0.05) is 26.9 Å². The first kappa shape index (κ1) is 16.6. The molecule has 0 saturated carbocycles. The Morgan fingerprint density at radius 2 is 1.69 bits per heavy atom. The molecule has 1 aromatic heterocycles. The zero-order valence-corrected chi connectivity index (χ0v) is 14.9. The van der Waals surface area contributed by atoms with Crippen LogP contribution in [0.4, 0.5) is 5.69 Å². The monoisotopic (exact) mass is 382 g/mol. The fourth-order valence-corrected chi connectivity index (χ4v) is 2.85. The van der Waals surface area contributed by atoms with Crippen molar-refractivity contribution in [2.75, 3.05) is 5.32 Å². The van der Waals surface area contributed by atoms with E-state index in [0.717, 1.165) is 5.56 Å². The topological polar surface area (TPSA) is 55.1 Å². The third-order valence-corrected chi connectivity index (χ3v) is 4.31. The molecule has 1 heterocycles. The van der Waals surface area contributed by atoms with E-state index in [1.165, 1.54) is 0 Å². The molecule has 26 heavy (non-hydrogen) atoms. The highest BCUT2D eigenvalue weighted by Crippen LogP contribution is 2.27. The van der Waals surface area contributed by atoms with Crippen molar-refractivity contribution in [3.63, 3.8) is 0 Å². The largest absolute Gasteiger partial charge is 0.436 e. The minimum atomic E-state index is -0.219. The van der Waals surface area contributed by atoms with Crippen molar-refractivity contribution < 1.29 is 9.21 Å². The fraction of sp³-hybridized carbons (Fsp3) is 0. The molecule has 0 aliphatic rings. The second-order valence-electron chi connectivity index (χ2n) is 5.67. The number of amides is 1. The third kappa shape index (κ3) is 3.43. The molecule has 0 radical (unpaired) electrons. The summed E-state index contributed by atoms with van der Waals surface area (Å²) in [7, 11) is 0. The summed E-state index contributed by atoms with van der Waals surface area (Å²) in [4.78, 5) is 16.8. The van der Waals surface area contributed by atoms with Crippen LogP contribution < -0.4 is 5.32 Å². The number of hydrogen-bond acceptors (Lipinski definition) is 3. The van der Waals surface area contributed by atoms with Gasteiger partial charge in [0.05, 0.1) is 0 Å². The number of rotatable bonds is 3. The van der Waals surface area contributed by atoms with Crippen LogP contribution in [-0.2, 0) is 0 Å². The number of benzene rings is 3. The minimum absolute atomic E-state index is 0.219. The van der Waals surface area contributed by atoms with E-state index >= 15 is 0 Å². The maximum atomic E-state index is 12.3. The Kier molecular flexibility index (Phi) is 4.37. The maximum absolute atomic E-state index is 12.3. The first-order chi connectivity index (χ1) is 12.6. The molecule has 128 valence electrons. The van der Waals surface area contributed by atoms with Crippen LogP contribution in [0.15, 0.2) is 71.1 Å². The Balaban J connectivity index is 1.61. The molecule has 0 saturated heterocycles. The summed E-state index contributed by atoms with van der Waals surface area (Å²) in [6, 6.07) is 19.3. The Morgan fingerprint density at radius 1 is 0.923 bits per heavy atom. The van der Waals surface area contributed by atoms with Crippen molar-refractivity contribution in [3.8, 4) is 11.5 Å². The SMILES string of the molecule is O=C(Nc1cccc(-c2nc3cc(Cl)ccc3o2)c1)c1ccc(Cl)cc1. The molecule has 6 heteroatoms. The third-order valence-electron chi connectivity index (χ3n) is 3.82. The van der Waals surface area contributed by atoms with Crippen LogP contribution in [0.2, 0.25) is 10.0 Å². The van der Waals surface area contributed by atoms with Gasteiger partial charge >= 0.3 is 0 Å².